The molecule has 1 N–H and O–H groups in total. The van der Waals surface area contributed by atoms with Crippen LogP contribution in [-0.4, -0.2) is 31.8 Å². The molecule has 0 unspecified atom stereocenters. The summed E-state index contributed by atoms with van der Waals surface area (Å²) >= 11 is 0. The number of carbonyl (C=O) groups is 1. The lowest BCUT2D eigenvalue weighted by atomic mass is 9.93. The third-order valence-electron chi connectivity index (χ3n) is 2.68. The molecule has 1 fully saturated rings. The van der Waals surface area contributed by atoms with Gasteiger partial charge in [-0.15, -0.1) is 0 Å². The molecule has 6 heteroatoms. The number of piperidine rings is 1. The SMILES string of the molecule is O=C(OCCCC1CCNCC1)C(F)(F)F. The summed E-state index contributed by atoms with van der Waals surface area (Å²) in [4.78, 5) is 10.4. The molecule has 16 heavy (non-hydrogen) atoms. The average Bonchev–Trinajstić information content (AvgIpc) is 2.24. The Bertz CT molecular complexity index is 225. The van der Waals surface area contributed by atoms with Gasteiger partial charge in [0.15, 0.2) is 0 Å². The molecule has 0 amide bonds. The maximum atomic E-state index is 11.7. The highest BCUT2D eigenvalue weighted by molar-refractivity contribution is 5.75. The lowest BCUT2D eigenvalue weighted by Gasteiger charge is -2.22. The topological polar surface area (TPSA) is 38.3 Å². The van der Waals surface area contributed by atoms with E-state index in [9.17, 15) is 18.0 Å². The fourth-order valence-corrected chi connectivity index (χ4v) is 1.79. The number of rotatable bonds is 4. The highest BCUT2D eigenvalue weighted by Gasteiger charge is 2.40. The Balaban J connectivity index is 2.05. The second-order valence-electron chi connectivity index (χ2n) is 3.97. The molecular weight excluding hydrogens is 223 g/mol. The Morgan fingerprint density at radius 3 is 2.50 bits per heavy atom. The second kappa shape index (κ2) is 6.08. The van der Waals surface area contributed by atoms with Crippen molar-refractivity contribution in [3.63, 3.8) is 0 Å². The molecule has 0 spiro atoms. The zero-order chi connectivity index (χ0) is 12.0. The summed E-state index contributed by atoms with van der Waals surface area (Å²) in [6.07, 6.45) is -1.44. The van der Waals surface area contributed by atoms with E-state index in [-0.39, 0.29) is 6.61 Å². The van der Waals surface area contributed by atoms with Gasteiger partial charge in [-0.1, -0.05) is 0 Å². The van der Waals surface area contributed by atoms with Gasteiger partial charge in [0.2, 0.25) is 0 Å². The van der Waals surface area contributed by atoms with Gasteiger partial charge in [-0.2, -0.15) is 13.2 Å². The first-order valence-corrected chi connectivity index (χ1v) is 5.45. The zero-order valence-electron chi connectivity index (χ0n) is 8.98. The van der Waals surface area contributed by atoms with Crippen molar-refractivity contribution in [2.24, 2.45) is 5.92 Å². The fraction of sp³-hybridized carbons (Fsp3) is 0.900. The number of hydrogen-bond donors (Lipinski definition) is 1. The first-order chi connectivity index (χ1) is 7.50. The summed E-state index contributed by atoms with van der Waals surface area (Å²) in [6.45, 7) is 1.79. The van der Waals surface area contributed by atoms with Crippen molar-refractivity contribution < 1.29 is 22.7 Å². The molecule has 0 bridgehead atoms. The monoisotopic (exact) mass is 239 g/mol. The van der Waals surface area contributed by atoms with Gasteiger partial charge in [0.1, 0.15) is 0 Å². The van der Waals surface area contributed by atoms with Crippen LogP contribution in [0.3, 0.4) is 0 Å². The van der Waals surface area contributed by atoms with Crippen molar-refractivity contribution in [1.29, 1.82) is 0 Å². The van der Waals surface area contributed by atoms with Crippen LogP contribution in [0.2, 0.25) is 0 Å². The smallest absolute Gasteiger partial charge is 0.459 e. The van der Waals surface area contributed by atoms with Crippen LogP contribution in [0.4, 0.5) is 13.2 Å². The van der Waals surface area contributed by atoms with E-state index in [1.807, 2.05) is 0 Å². The number of alkyl halides is 3. The largest absolute Gasteiger partial charge is 0.490 e. The minimum absolute atomic E-state index is 0.137. The van der Waals surface area contributed by atoms with Gasteiger partial charge in [0, 0.05) is 0 Å². The average molecular weight is 239 g/mol. The summed E-state index contributed by atoms with van der Waals surface area (Å²) in [5.41, 5.74) is 0. The van der Waals surface area contributed by atoms with E-state index in [4.69, 9.17) is 0 Å². The molecular formula is C10H16F3NO2. The fourth-order valence-electron chi connectivity index (χ4n) is 1.79. The van der Waals surface area contributed by atoms with E-state index >= 15 is 0 Å². The number of ether oxygens (including phenoxy) is 1. The van der Waals surface area contributed by atoms with Gasteiger partial charge >= 0.3 is 12.1 Å². The van der Waals surface area contributed by atoms with Gasteiger partial charge in [0.05, 0.1) is 6.61 Å². The van der Waals surface area contributed by atoms with E-state index in [1.165, 1.54) is 0 Å². The van der Waals surface area contributed by atoms with E-state index in [2.05, 4.69) is 10.1 Å². The second-order valence-corrected chi connectivity index (χ2v) is 3.97. The summed E-state index contributed by atoms with van der Waals surface area (Å²) in [7, 11) is 0. The van der Waals surface area contributed by atoms with Crippen LogP contribution in [-0.2, 0) is 9.53 Å². The van der Waals surface area contributed by atoms with Gasteiger partial charge in [-0.3, -0.25) is 0 Å². The predicted molar refractivity (Wildman–Crippen MR) is 51.8 cm³/mol. The van der Waals surface area contributed by atoms with Crippen LogP contribution < -0.4 is 5.32 Å². The Kier molecular flexibility index (Phi) is 5.05. The highest BCUT2D eigenvalue weighted by Crippen LogP contribution is 2.19. The molecule has 1 aliphatic heterocycles. The molecule has 94 valence electrons. The van der Waals surface area contributed by atoms with Gasteiger partial charge in [-0.05, 0) is 44.7 Å². The van der Waals surface area contributed by atoms with E-state index in [1.54, 1.807) is 0 Å². The minimum Gasteiger partial charge on any atom is -0.459 e. The zero-order valence-corrected chi connectivity index (χ0v) is 8.98. The molecule has 1 rings (SSSR count). The first-order valence-electron chi connectivity index (χ1n) is 5.45. The third-order valence-corrected chi connectivity index (χ3v) is 2.68. The molecule has 0 saturated carbocycles. The van der Waals surface area contributed by atoms with Gasteiger partial charge in [0.25, 0.3) is 0 Å². The van der Waals surface area contributed by atoms with Crippen LogP contribution in [0.25, 0.3) is 0 Å². The molecule has 1 aliphatic rings. The van der Waals surface area contributed by atoms with Crippen LogP contribution >= 0.6 is 0 Å². The van der Waals surface area contributed by atoms with Crippen LogP contribution in [0.5, 0.6) is 0 Å². The van der Waals surface area contributed by atoms with Crippen molar-refractivity contribution >= 4 is 5.97 Å². The molecule has 1 heterocycles. The van der Waals surface area contributed by atoms with Crippen molar-refractivity contribution in [2.45, 2.75) is 31.9 Å². The molecule has 0 aromatic heterocycles. The highest BCUT2D eigenvalue weighted by atomic mass is 19.4. The molecule has 0 aliphatic carbocycles. The lowest BCUT2D eigenvalue weighted by Crippen LogP contribution is -2.28. The Morgan fingerprint density at radius 1 is 1.31 bits per heavy atom. The Labute approximate surface area is 92.3 Å². The molecule has 0 radical (unpaired) electrons. The number of carbonyl (C=O) groups excluding carboxylic acids is 1. The summed E-state index contributed by atoms with van der Waals surface area (Å²) in [6, 6.07) is 0. The van der Waals surface area contributed by atoms with Crippen molar-refractivity contribution in [3.05, 3.63) is 0 Å². The number of halogens is 3. The van der Waals surface area contributed by atoms with Crippen LogP contribution in [0.15, 0.2) is 0 Å². The molecule has 1 saturated heterocycles. The predicted octanol–water partition coefficient (Wildman–Crippen LogP) is 1.87. The number of esters is 1. The van der Waals surface area contributed by atoms with E-state index in [0.717, 1.165) is 32.4 Å². The van der Waals surface area contributed by atoms with Crippen molar-refractivity contribution in [3.8, 4) is 0 Å². The van der Waals surface area contributed by atoms with E-state index in [0.29, 0.717) is 12.3 Å². The van der Waals surface area contributed by atoms with Gasteiger partial charge in [-0.25, -0.2) is 4.79 Å². The van der Waals surface area contributed by atoms with Crippen molar-refractivity contribution in [1.82, 2.24) is 5.32 Å². The number of nitrogens with one attached hydrogen (secondary N) is 1. The minimum atomic E-state index is -4.87. The maximum absolute atomic E-state index is 11.7. The Morgan fingerprint density at radius 2 is 1.94 bits per heavy atom. The molecule has 3 nitrogen and oxygen atoms in total. The van der Waals surface area contributed by atoms with Gasteiger partial charge < -0.3 is 10.1 Å². The standard InChI is InChI=1S/C10H16F3NO2/c11-10(12,13)9(15)16-7-1-2-8-3-5-14-6-4-8/h8,14H,1-7H2. The lowest BCUT2D eigenvalue weighted by molar-refractivity contribution is -0.199. The summed E-state index contributed by atoms with van der Waals surface area (Å²) < 4.78 is 39.4. The molecule has 0 atom stereocenters. The summed E-state index contributed by atoms with van der Waals surface area (Å²) in [5.74, 6) is -1.54. The van der Waals surface area contributed by atoms with E-state index < -0.39 is 12.1 Å². The van der Waals surface area contributed by atoms with Crippen molar-refractivity contribution in [2.75, 3.05) is 19.7 Å². The number of hydrogen-bond acceptors (Lipinski definition) is 3. The quantitative estimate of drug-likeness (QED) is 0.601. The third kappa shape index (κ3) is 4.83. The molecule has 0 aromatic rings. The van der Waals surface area contributed by atoms with Crippen LogP contribution in [0.1, 0.15) is 25.7 Å². The first kappa shape index (κ1) is 13.3. The molecule has 0 aromatic carbocycles. The Hall–Kier alpha value is -0.780. The van der Waals surface area contributed by atoms with Crippen LogP contribution in [0, 0.1) is 5.92 Å². The maximum Gasteiger partial charge on any atom is 0.490 e. The normalized spacial score (nSPS) is 18.4. The summed E-state index contributed by atoms with van der Waals surface area (Å²) in [5, 5.41) is 3.21.